The fraction of sp³-hybridized carbons (Fsp3) is 0.909. The molecular weight excluding hydrogens is 232 g/mol. The number of alkyl halides is 2. The molecule has 0 atom stereocenters. The van der Waals surface area contributed by atoms with Crippen LogP contribution in [0, 0.1) is 5.92 Å². The van der Waals surface area contributed by atoms with Gasteiger partial charge in [0.1, 0.15) is 0 Å². The van der Waals surface area contributed by atoms with Crippen LogP contribution < -0.4 is 0 Å². The van der Waals surface area contributed by atoms with Crippen LogP contribution in [0.5, 0.6) is 0 Å². The van der Waals surface area contributed by atoms with Crippen molar-refractivity contribution < 1.29 is 13.6 Å². The second kappa shape index (κ2) is 4.51. The third-order valence-corrected chi connectivity index (χ3v) is 4.65. The zero-order chi connectivity index (χ0) is 11.8. The molecule has 0 bridgehead atoms. The Hall–Kier alpha value is -0.320. The van der Waals surface area contributed by atoms with Crippen LogP contribution in [0.2, 0.25) is 0 Å². The van der Waals surface area contributed by atoms with Crippen molar-refractivity contribution in [3.05, 3.63) is 0 Å². The third kappa shape index (κ3) is 2.50. The van der Waals surface area contributed by atoms with Gasteiger partial charge in [0.05, 0.1) is 13.1 Å². The third-order valence-electron chi connectivity index (χ3n) is 3.51. The molecule has 2 rings (SSSR count). The molecule has 1 heterocycles. The van der Waals surface area contributed by atoms with Crippen molar-refractivity contribution in [2.45, 2.75) is 36.9 Å². The Labute approximate surface area is 98.8 Å². The van der Waals surface area contributed by atoms with E-state index in [0.29, 0.717) is 5.25 Å². The van der Waals surface area contributed by atoms with Gasteiger partial charge < -0.3 is 4.90 Å². The fourth-order valence-electron chi connectivity index (χ4n) is 2.47. The van der Waals surface area contributed by atoms with Gasteiger partial charge in [0.25, 0.3) is 5.92 Å². The quantitative estimate of drug-likeness (QED) is 0.749. The van der Waals surface area contributed by atoms with Gasteiger partial charge in [-0.05, 0) is 31.9 Å². The van der Waals surface area contributed by atoms with Crippen LogP contribution in [0.25, 0.3) is 0 Å². The molecule has 1 aliphatic heterocycles. The lowest BCUT2D eigenvalue weighted by Crippen LogP contribution is -2.59. The van der Waals surface area contributed by atoms with Gasteiger partial charge >= 0.3 is 0 Å². The highest BCUT2D eigenvalue weighted by Gasteiger charge is 2.47. The van der Waals surface area contributed by atoms with Crippen molar-refractivity contribution in [2.75, 3.05) is 19.3 Å². The van der Waals surface area contributed by atoms with Crippen molar-refractivity contribution in [1.82, 2.24) is 4.90 Å². The normalized spacial score (nSPS) is 33.3. The highest BCUT2D eigenvalue weighted by atomic mass is 32.2. The summed E-state index contributed by atoms with van der Waals surface area (Å²) in [7, 11) is 0. The molecule has 1 aliphatic carbocycles. The molecule has 0 spiro atoms. The van der Waals surface area contributed by atoms with Gasteiger partial charge in [-0.1, -0.05) is 0 Å². The Morgan fingerprint density at radius 1 is 1.25 bits per heavy atom. The first-order valence-electron chi connectivity index (χ1n) is 5.71. The van der Waals surface area contributed by atoms with Gasteiger partial charge in [-0.15, -0.1) is 0 Å². The van der Waals surface area contributed by atoms with Crippen LogP contribution in [0.15, 0.2) is 0 Å². The van der Waals surface area contributed by atoms with Crippen LogP contribution in [-0.4, -0.2) is 41.3 Å². The number of nitrogens with zero attached hydrogens (tertiary/aromatic N) is 1. The van der Waals surface area contributed by atoms with E-state index in [1.165, 1.54) is 4.90 Å². The predicted molar refractivity (Wildman–Crippen MR) is 60.8 cm³/mol. The minimum atomic E-state index is -2.63. The van der Waals surface area contributed by atoms with Crippen molar-refractivity contribution in [3.63, 3.8) is 0 Å². The van der Waals surface area contributed by atoms with Crippen LogP contribution in [0.4, 0.5) is 8.78 Å². The maximum atomic E-state index is 12.6. The van der Waals surface area contributed by atoms with Gasteiger partial charge in [-0.3, -0.25) is 4.79 Å². The smallest absolute Gasteiger partial charge is 0.282 e. The molecule has 0 aromatic carbocycles. The number of amides is 1. The molecular formula is C11H17F2NOS. The molecule has 1 saturated heterocycles. The lowest BCUT2D eigenvalue weighted by atomic mass is 9.87. The van der Waals surface area contributed by atoms with E-state index in [0.717, 1.165) is 25.7 Å². The number of carbonyl (C=O) groups excluding carboxylic acids is 1. The van der Waals surface area contributed by atoms with E-state index in [2.05, 4.69) is 6.26 Å². The van der Waals surface area contributed by atoms with E-state index >= 15 is 0 Å². The molecule has 2 nitrogen and oxygen atoms in total. The maximum absolute atomic E-state index is 12.6. The summed E-state index contributed by atoms with van der Waals surface area (Å²) in [6, 6.07) is 0. The molecule has 2 fully saturated rings. The SMILES string of the molecule is CSC1CCC(C(=O)N2CC(F)(F)C2)CC1. The minimum Gasteiger partial charge on any atom is -0.330 e. The molecule has 1 saturated carbocycles. The van der Waals surface area contributed by atoms with Gasteiger partial charge in [-0.25, -0.2) is 8.78 Å². The molecule has 0 aromatic heterocycles. The van der Waals surface area contributed by atoms with Crippen molar-refractivity contribution >= 4 is 17.7 Å². The van der Waals surface area contributed by atoms with Crippen LogP contribution in [-0.2, 0) is 4.79 Å². The summed E-state index contributed by atoms with van der Waals surface area (Å²) in [6.07, 6.45) is 5.91. The lowest BCUT2D eigenvalue weighted by molar-refractivity contribution is -0.170. The van der Waals surface area contributed by atoms with Gasteiger partial charge in [0.15, 0.2) is 0 Å². The Morgan fingerprint density at radius 2 is 1.81 bits per heavy atom. The Bertz CT molecular complexity index is 269. The standard InChI is InChI=1S/C11H17F2NOS/c1-16-9-4-2-8(3-5-9)10(15)14-6-11(12,13)7-14/h8-9H,2-7H2,1H3. The zero-order valence-electron chi connectivity index (χ0n) is 9.42. The van der Waals surface area contributed by atoms with Crippen molar-refractivity contribution in [1.29, 1.82) is 0 Å². The molecule has 2 aliphatic rings. The van der Waals surface area contributed by atoms with E-state index in [1.54, 1.807) is 0 Å². The summed E-state index contributed by atoms with van der Waals surface area (Å²) in [5.74, 6) is -2.68. The number of carbonyl (C=O) groups is 1. The highest BCUT2D eigenvalue weighted by molar-refractivity contribution is 7.99. The first-order valence-corrected chi connectivity index (χ1v) is 7.00. The average molecular weight is 249 g/mol. The van der Waals surface area contributed by atoms with Crippen molar-refractivity contribution in [3.8, 4) is 0 Å². The van der Waals surface area contributed by atoms with E-state index in [1.807, 2.05) is 11.8 Å². The maximum Gasteiger partial charge on any atom is 0.282 e. The number of rotatable bonds is 2. The first-order chi connectivity index (χ1) is 7.52. The molecule has 1 amide bonds. The molecule has 0 radical (unpaired) electrons. The first kappa shape index (κ1) is 12.1. The second-order valence-electron chi connectivity index (χ2n) is 4.76. The van der Waals surface area contributed by atoms with Crippen LogP contribution in [0.1, 0.15) is 25.7 Å². The lowest BCUT2D eigenvalue weighted by Gasteiger charge is -2.41. The zero-order valence-corrected chi connectivity index (χ0v) is 10.2. The van der Waals surface area contributed by atoms with E-state index in [4.69, 9.17) is 0 Å². The second-order valence-corrected chi connectivity index (χ2v) is 5.90. The number of halogens is 2. The number of thioether (sulfide) groups is 1. The Balaban J connectivity index is 1.79. The minimum absolute atomic E-state index is 0.000463. The molecule has 16 heavy (non-hydrogen) atoms. The predicted octanol–water partition coefficient (Wildman–Crippen LogP) is 2.39. The largest absolute Gasteiger partial charge is 0.330 e. The molecule has 0 N–H and O–H groups in total. The van der Waals surface area contributed by atoms with Crippen molar-refractivity contribution in [2.24, 2.45) is 5.92 Å². The summed E-state index contributed by atoms with van der Waals surface area (Å²) in [5, 5.41) is 0.655. The summed E-state index contributed by atoms with van der Waals surface area (Å²) in [4.78, 5) is 13.2. The summed E-state index contributed by atoms with van der Waals surface area (Å²) in [6.45, 7) is -0.734. The molecule has 5 heteroatoms. The van der Waals surface area contributed by atoms with Crippen LogP contribution in [0.3, 0.4) is 0 Å². The number of hydrogen-bond acceptors (Lipinski definition) is 2. The van der Waals surface area contributed by atoms with Gasteiger partial charge in [-0.2, -0.15) is 11.8 Å². The monoisotopic (exact) mass is 249 g/mol. The summed E-state index contributed by atoms with van der Waals surface area (Å²) < 4.78 is 25.3. The number of likely N-dealkylation sites (tertiary alicyclic amines) is 1. The summed E-state index contributed by atoms with van der Waals surface area (Å²) in [5.41, 5.74) is 0. The van der Waals surface area contributed by atoms with Crippen LogP contribution >= 0.6 is 11.8 Å². The Morgan fingerprint density at radius 3 is 2.25 bits per heavy atom. The molecule has 0 unspecified atom stereocenters. The van der Waals surface area contributed by atoms with Gasteiger partial charge in [0, 0.05) is 11.2 Å². The van der Waals surface area contributed by atoms with E-state index in [-0.39, 0.29) is 24.9 Å². The Kier molecular flexibility index (Phi) is 3.42. The molecule has 0 aromatic rings. The average Bonchev–Trinajstić information content (AvgIpc) is 2.25. The number of hydrogen-bond donors (Lipinski definition) is 0. The topological polar surface area (TPSA) is 20.3 Å². The highest BCUT2D eigenvalue weighted by Crippen LogP contribution is 2.34. The van der Waals surface area contributed by atoms with E-state index < -0.39 is 5.92 Å². The van der Waals surface area contributed by atoms with Gasteiger partial charge in [0.2, 0.25) is 5.91 Å². The molecule has 92 valence electrons. The van der Waals surface area contributed by atoms with E-state index in [9.17, 15) is 13.6 Å². The summed E-state index contributed by atoms with van der Waals surface area (Å²) >= 11 is 1.84. The fourth-order valence-corrected chi connectivity index (χ4v) is 3.22.